The average molecular weight is 313 g/mol. The molecule has 0 saturated heterocycles. The van der Waals surface area contributed by atoms with Crippen LogP contribution in [0.5, 0.6) is 0 Å². The number of halogens is 1. The highest BCUT2D eigenvalue weighted by Gasteiger charge is 2.48. The van der Waals surface area contributed by atoms with Crippen molar-refractivity contribution in [3.8, 4) is 6.07 Å². The van der Waals surface area contributed by atoms with Gasteiger partial charge in [-0.05, 0) is 46.1 Å². The standard InChI is InChI=1S/C12H13BrN2OS/c1-8-4-12(5-8,7-14)11(16)15-6-10-9(13)2-3-17-10/h2-3,8H,4-6H2,1H3,(H,15,16). The number of nitriles is 1. The second-order valence-corrected chi connectivity index (χ2v) is 6.44. The lowest BCUT2D eigenvalue weighted by molar-refractivity contribution is -0.134. The first-order valence-electron chi connectivity index (χ1n) is 5.49. The lowest BCUT2D eigenvalue weighted by Crippen LogP contribution is -2.47. The number of carbonyl (C=O) groups excluding carboxylic acids is 1. The van der Waals surface area contributed by atoms with Crippen molar-refractivity contribution in [2.24, 2.45) is 11.3 Å². The van der Waals surface area contributed by atoms with Gasteiger partial charge in [-0.1, -0.05) is 6.92 Å². The highest BCUT2D eigenvalue weighted by molar-refractivity contribution is 9.10. The molecular formula is C12H13BrN2OS. The average Bonchev–Trinajstić information content (AvgIpc) is 2.67. The number of rotatable bonds is 3. The molecule has 1 aliphatic rings. The molecule has 0 aliphatic heterocycles. The molecule has 3 nitrogen and oxygen atoms in total. The Bertz CT molecular complexity index is 471. The van der Waals surface area contributed by atoms with Crippen LogP contribution in [0.3, 0.4) is 0 Å². The quantitative estimate of drug-likeness (QED) is 0.932. The van der Waals surface area contributed by atoms with E-state index in [-0.39, 0.29) is 5.91 Å². The summed E-state index contributed by atoms with van der Waals surface area (Å²) in [4.78, 5) is 13.1. The molecule has 0 bridgehead atoms. The molecule has 0 radical (unpaired) electrons. The van der Waals surface area contributed by atoms with Gasteiger partial charge in [-0.2, -0.15) is 5.26 Å². The van der Waals surface area contributed by atoms with Gasteiger partial charge in [0.15, 0.2) is 0 Å². The summed E-state index contributed by atoms with van der Waals surface area (Å²) in [5.41, 5.74) is -0.775. The van der Waals surface area contributed by atoms with E-state index in [4.69, 9.17) is 5.26 Å². The van der Waals surface area contributed by atoms with E-state index in [2.05, 4.69) is 34.2 Å². The Kier molecular flexibility index (Phi) is 3.55. The molecule has 0 aromatic carbocycles. The van der Waals surface area contributed by atoms with Crippen LogP contribution in [-0.2, 0) is 11.3 Å². The van der Waals surface area contributed by atoms with Gasteiger partial charge in [0, 0.05) is 9.35 Å². The van der Waals surface area contributed by atoms with Gasteiger partial charge in [0.05, 0.1) is 12.6 Å². The van der Waals surface area contributed by atoms with Crippen molar-refractivity contribution in [1.29, 1.82) is 5.26 Å². The smallest absolute Gasteiger partial charge is 0.240 e. The summed E-state index contributed by atoms with van der Waals surface area (Å²) in [5.74, 6) is 0.354. The summed E-state index contributed by atoms with van der Waals surface area (Å²) in [6, 6.07) is 4.13. The molecule has 1 aromatic heterocycles. The molecule has 1 heterocycles. The predicted octanol–water partition coefficient (Wildman–Crippen LogP) is 3.07. The molecule has 0 spiro atoms. The minimum atomic E-state index is -0.775. The molecule has 1 aromatic rings. The van der Waals surface area contributed by atoms with Gasteiger partial charge < -0.3 is 5.32 Å². The van der Waals surface area contributed by atoms with Gasteiger partial charge in [-0.25, -0.2) is 0 Å². The van der Waals surface area contributed by atoms with E-state index in [0.29, 0.717) is 25.3 Å². The Morgan fingerprint density at radius 1 is 1.76 bits per heavy atom. The molecule has 1 saturated carbocycles. The van der Waals surface area contributed by atoms with Crippen LogP contribution in [-0.4, -0.2) is 5.91 Å². The van der Waals surface area contributed by atoms with Gasteiger partial charge in [0.1, 0.15) is 5.41 Å². The van der Waals surface area contributed by atoms with E-state index in [0.717, 1.165) is 9.35 Å². The SMILES string of the molecule is CC1CC(C#N)(C(=O)NCc2sccc2Br)C1. The molecule has 0 atom stereocenters. The van der Waals surface area contributed by atoms with Crippen LogP contribution < -0.4 is 5.32 Å². The third kappa shape index (κ3) is 2.38. The molecule has 2 rings (SSSR count). The van der Waals surface area contributed by atoms with Crippen LogP contribution in [0, 0.1) is 22.7 Å². The van der Waals surface area contributed by atoms with Crippen LogP contribution in [0.25, 0.3) is 0 Å². The second-order valence-electron chi connectivity index (χ2n) is 4.58. The molecule has 1 aliphatic carbocycles. The fourth-order valence-electron chi connectivity index (χ4n) is 2.24. The summed E-state index contributed by atoms with van der Waals surface area (Å²) in [6.07, 6.45) is 1.36. The largest absolute Gasteiger partial charge is 0.350 e. The maximum Gasteiger partial charge on any atom is 0.240 e. The first kappa shape index (κ1) is 12.6. The summed E-state index contributed by atoms with van der Waals surface area (Å²) >= 11 is 5.01. The van der Waals surface area contributed by atoms with E-state index in [9.17, 15) is 4.79 Å². The van der Waals surface area contributed by atoms with Crippen molar-refractivity contribution in [2.45, 2.75) is 26.3 Å². The number of carbonyl (C=O) groups is 1. The van der Waals surface area contributed by atoms with Crippen molar-refractivity contribution < 1.29 is 4.79 Å². The van der Waals surface area contributed by atoms with Crippen molar-refractivity contribution in [3.05, 3.63) is 20.8 Å². The topological polar surface area (TPSA) is 52.9 Å². The van der Waals surface area contributed by atoms with Gasteiger partial charge in [-0.3, -0.25) is 4.79 Å². The summed E-state index contributed by atoms with van der Waals surface area (Å²) in [5, 5.41) is 13.9. The highest BCUT2D eigenvalue weighted by atomic mass is 79.9. The van der Waals surface area contributed by atoms with E-state index < -0.39 is 5.41 Å². The number of nitrogens with zero attached hydrogens (tertiary/aromatic N) is 1. The predicted molar refractivity (Wildman–Crippen MR) is 70.3 cm³/mol. The van der Waals surface area contributed by atoms with Crippen LogP contribution in [0.4, 0.5) is 0 Å². The van der Waals surface area contributed by atoms with E-state index in [1.807, 2.05) is 11.4 Å². The molecule has 1 N–H and O–H groups in total. The van der Waals surface area contributed by atoms with Crippen molar-refractivity contribution >= 4 is 33.2 Å². The van der Waals surface area contributed by atoms with Crippen molar-refractivity contribution in [3.63, 3.8) is 0 Å². The van der Waals surface area contributed by atoms with Gasteiger partial charge in [0.25, 0.3) is 0 Å². The zero-order valence-electron chi connectivity index (χ0n) is 9.50. The molecule has 17 heavy (non-hydrogen) atoms. The molecular weight excluding hydrogens is 300 g/mol. The highest BCUT2D eigenvalue weighted by Crippen LogP contribution is 2.45. The third-order valence-electron chi connectivity index (χ3n) is 3.14. The molecule has 1 amide bonds. The number of hydrogen-bond acceptors (Lipinski definition) is 3. The minimum Gasteiger partial charge on any atom is -0.350 e. The second kappa shape index (κ2) is 4.79. The van der Waals surface area contributed by atoms with E-state index >= 15 is 0 Å². The van der Waals surface area contributed by atoms with Crippen LogP contribution in [0.15, 0.2) is 15.9 Å². The number of hydrogen-bond donors (Lipinski definition) is 1. The molecule has 90 valence electrons. The number of amides is 1. The number of nitrogens with one attached hydrogen (secondary N) is 1. The fraction of sp³-hybridized carbons (Fsp3) is 0.500. The Morgan fingerprint density at radius 3 is 2.94 bits per heavy atom. The zero-order chi connectivity index (χ0) is 12.5. The number of thiophene rings is 1. The maximum atomic E-state index is 12.0. The lowest BCUT2D eigenvalue weighted by Gasteiger charge is -2.39. The van der Waals surface area contributed by atoms with Gasteiger partial charge >= 0.3 is 0 Å². The van der Waals surface area contributed by atoms with Crippen molar-refractivity contribution in [2.75, 3.05) is 0 Å². The Labute approximate surface area is 113 Å². The Hall–Kier alpha value is -0.860. The molecule has 0 unspecified atom stereocenters. The van der Waals surface area contributed by atoms with Gasteiger partial charge in [-0.15, -0.1) is 11.3 Å². The Morgan fingerprint density at radius 2 is 2.47 bits per heavy atom. The lowest BCUT2D eigenvalue weighted by atomic mass is 9.63. The normalized spacial score (nSPS) is 27.0. The van der Waals surface area contributed by atoms with E-state index in [1.165, 1.54) is 0 Å². The summed E-state index contributed by atoms with van der Waals surface area (Å²) in [6.45, 7) is 2.56. The summed E-state index contributed by atoms with van der Waals surface area (Å²) in [7, 11) is 0. The molecule has 5 heteroatoms. The fourth-order valence-corrected chi connectivity index (χ4v) is 3.67. The van der Waals surface area contributed by atoms with Crippen LogP contribution in [0.1, 0.15) is 24.6 Å². The van der Waals surface area contributed by atoms with Crippen LogP contribution >= 0.6 is 27.3 Å². The monoisotopic (exact) mass is 312 g/mol. The first-order chi connectivity index (χ1) is 8.07. The first-order valence-corrected chi connectivity index (χ1v) is 7.16. The van der Waals surface area contributed by atoms with Gasteiger partial charge in [0.2, 0.25) is 5.91 Å². The zero-order valence-corrected chi connectivity index (χ0v) is 11.9. The third-order valence-corrected chi connectivity index (χ3v) is 5.07. The van der Waals surface area contributed by atoms with Crippen LogP contribution in [0.2, 0.25) is 0 Å². The van der Waals surface area contributed by atoms with E-state index in [1.54, 1.807) is 11.3 Å². The maximum absolute atomic E-state index is 12.0. The molecule has 1 fully saturated rings. The Balaban J connectivity index is 1.94. The summed E-state index contributed by atoms with van der Waals surface area (Å²) < 4.78 is 1.01. The minimum absolute atomic E-state index is 0.126. The van der Waals surface area contributed by atoms with Crippen molar-refractivity contribution in [1.82, 2.24) is 5.32 Å².